The third kappa shape index (κ3) is 4.84. The Kier molecular flexibility index (Phi) is 6.87. The number of amides is 1. The van der Waals surface area contributed by atoms with Gasteiger partial charge < -0.3 is 9.64 Å². The molecule has 7 nitrogen and oxygen atoms in total. The van der Waals surface area contributed by atoms with Crippen LogP contribution in [0.25, 0.3) is 5.69 Å². The van der Waals surface area contributed by atoms with Crippen LogP contribution >= 0.6 is 11.6 Å². The van der Waals surface area contributed by atoms with Crippen molar-refractivity contribution in [2.24, 2.45) is 0 Å². The number of carbonyl (C=O) groups excluding carboxylic acids is 2. The Morgan fingerprint density at radius 2 is 1.72 bits per heavy atom. The zero-order valence-electron chi connectivity index (χ0n) is 17.9. The van der Waals surface area contributed by atoms with Gasteiger partial charge in [-0.1, -0.05) is 41.9 Å². The molecule has 0 bridgehead atoms. The first-order chi connectivity index (χ1) is 15.6. The van der Waals surface area contributed by atoms with Crippen LogP contribution in [0, 0.1) is 0 Å². The molecule has 0 saturated carbocycles. The number of ether oxygens (including phenoxy) is 1. The molecular formula is C24H25ClN4O3. The van der Waals surface area contributed by atoms with Gasteiger partial charge in [0.05, 0.1) is 24.1 Å². The van der Waals surface area contributed by atoms with E-state index >= 15 is 0 Å². The van der Waals surface area contributed by atoms with Crippen molar-refractivity contribution in [3.63, 3.8) is 0 Å². The fourth-order valence-electron chi connectivity index (χ4n) is 3.88. The Balaban J connectivity index is 1.44. The van der Waals surface area contributed by atoms with Gasteiger partial charge in [-0.3, -0.25) is 9.69 Å². The van der Waals surface area contributed by atoms with Crippen LogP contribution in [-0.2, 0) is 9.53 Å². The smallest absolute Gasteiger partial charge is 0.328 e. The predicted molar refractivity (Wildman–Crippen MR) is 122 cm³/mol. The topological polar surface area (TPSA) is 67.7 Å². The van der Waals surface area contributed by atoms with Crippen molar-refractivity contribution < 1.29 is 14.3 Å². The van der Waals surface area contributed by atoms with Gasteiger partial charge in [0.15, 0.2) is 0 Å². The van der Waals surface area contributed by atoms with E-state index in [1.165, 1.54) is 0 Å². The molecule has 0 unspecified atom stereocenters. The lowest BCUT2D eigenvalue weighted by Crippen LogP contribution is -2.51. The van der Waals surface area contributed by atoms with Crippen molar-refractivity contribution in [2.45, 2.75) is 13.0 Å². The molecule has 1 saturated heterocycles. The van der Waals surface area contributed by atoms with Crippen LogP contribution < -0.4 is 0 Å². The second kappa shape index (κ2) is 9.97. The highest BCUT2D eigenvalue weighted by molar-refractivity contribution is 6.30. The van der Waals surface area contributed by atoms with Gasteiger partial charge >= 0.3 is 5.97 Å². The molecule has 1 amide bonds. The van der Waals surface area contributed by atoms with Crippen LogP contribution in [-0.4, -0.2) is 64.2 Å². The van der Waals surface area contributed by atoms with E-state index in [-0.39, 0.29) is 11.9 Å². The quantitative estimate of drug-likeness (QED) is 0.535. The fourth-order valence-corrected chi connectivity index (χ4v) is 4.01. The maximum atomic E-state index is 13.0. The number of rotatable bonds is 6. The Hall–Kier alpha value is -3.16. The monoisotopic (exact) mass is 452 g/mol. The molecule has 32 heavy (non-hydrogen) atoms. The first kappa shape index (κ1) is 22.0. The maximum absolute atomic E-state index is 13.0. The number of hydrogen-bond donors (Lipinski definition) is 0. The van der Waals surface area contributed by atoms with E-state index in [1.54, 1.807) is 41.0 Å². The number of aromatic nitrogens is 2. The zero-order chi connectivity index (χ0) is 22.5. The lowest BCUT2D eigenvalue weighted by molar-refractivity contribution is -0.150. The molecule has 2 heterocycles. The van der Waals surface area contributed by atoms with Crippen LogP contribution in [0.5, 0.6) is 0 Å². The molecule has 4 rings (SSSR count). The van der Waals surface area contributed by atoms with E-state index in [2.05, 4.69) is 10.00 Å². The van der Waals surface area contributed by atoms with Gasteiger partial charge in [-0.25, -0.2) is 9.48 Å². The van der Waals surface area contributed by atoms with Crippen LogP contribution in [0.3, 0.4) is 0 Å². The first-order valence-corrected chi connectivity index (χ1v) is 11.0. The number of halogens is 1. The molecule has 0 aliphatic carbocycles. The zero-order valence-corrected chi connectivity index (χ0v) is 18.6. The highest BCUT2D eigenvalue weighted by atomic mass is 35.5. The van der Waals surface area contributed by atoms with Crippen molar-refractivity contribution in [1.29, 1.82) is 0 Å². The molecule has 3 aromatic rings. The van der Waals surface area contributed by atoms with Crippen molar-refractivity contribution in [1.82, 2.24) is 19.6 Å². The molecule has 1 aromatic heterocycles. The van der Waals surface area contributed by atoms with Gasteiger partial charge in [-0.2, -0.15) is 5.10 Å². The lowest BCUT2D eigenvalue weighted by Gasteiger charge is -2.38. The average Bonchev–Trinajstić information content (AvgIpc) is 3.32. The van der Waals surface area contributed by atoms with E-state index in [0.717, 1.165) is 11.3 Å². The van der Waals surface area contributed by atoms with Crippen molar-refractivity contribution in [2.75, 3.05) is 32.8 Å². The largest absolute Gasteiger partial charge is 0.465 e. The van der Waals surface area contributed by atoms with E-state index in [9.17, 15) is 9.59 Å². The standard InChI is InChI=1S/C24H25ClN4O3/c1-2-32-24(31)22(18-8-10-20(25)11-9-18)27-12-14-28(15-13-27)23(30)19-16-26-29(17-19)21-6-4-3-5-7-21/h3-11,16-17,22H,2,12-15H2,1H3/t22-/m1/s1. The third-order valence-corrected chi connectivity index (χ3v) is 5.76. The van der Waals surface area contributed by atoms with Gasteiger partial charge in [0.1, 0.15) is 6.04 Å². The number of benzene rings is 2. The normalized spacial score (nSPS) is 15.4. The summed E-state index contributed by atoms with van der Waals surface area (Å²) >= 11 is 6.02. The Morgan fingerprint density at radius 3 is 2.38 bits per heavy atom. The number of hydrogen-bond acceptors (Lipinski definition) is 5. The second-order valence-electron chi connectivity index (χ2n) is 7.54. The number of para-hydroxylation sites is 1. The number of nitrogens with zero attached hydrogens (tertiary/aromatic N) is 4. The molecular weight excluding hydrogens is 428 g/mol. The van der Waals surface area contributed by atoms with Gasteiger partial charge in [-0.15, -0.1) is 0 Å². The summed E-state index contributed by atoms with van der Waals surface area (Å²) in [6.07, 6.45) is 3.34. The molecule has 1 aliphatic rings. The van der Waals surface area contributed by atoms with E-state index in [4.69, 9.17) is 16.3 Å². The average molecular weight is 453 g/mol. The maximum Gasteiger partial charge on any atom is 0.328 e. The second-order valence-corrected chi connectivity index (χ2v) is 7.98. The minimum Gasteiger partial charge on any atom is -0.465 e. The molecule has 8 heteroatoms. The molecule has 2 aromatic carbocycles. The highest BCUT2D eigenvalue weighted by Gasteiger charge is 2.33. The molecule has 0 N–H and O–H groups in total. The van der Waals surface area contributed by atoms with Crippen LogP contribution in [0.2, 0.25) is 5.02 Å². The van der Waals surface area contributed by atoms with E-state index < -0.39 is 6.04 Å². The number of piperazine rings is 1. The summed E-state index contributed by atoms with van der Waals surface area (Å²) in [5, 5.41) is 4.94. The van der Waals surface area contributed by atoms with Crippen molar-refractivity contribution >= 4 is 23.5 Å². The van der Waals surface area contributed by atoms with Gasteiger partial charge in [-0.05, 0) is 36.8 Å². The van der Waals surface area contributed by atoms with Crippen molar-refractivity contribution in [3.05, 3.63) is 83.1 Å². The minimum absolute atomic E-state index is 0.0639. The first-order valence-electron chi connectivity index (χ1n) is 10.6. The Morgan fingerprint density at radius 1 is 1.03 bits per heavy atom. The molecule has 1 atom stereocenters. The molecule has 1 aliphatic heterocycles. The predicted octanol–water partition coefficient (Wildman–Crippen LogP) is 3.59. The Labute approximate surface area is 192 Å². The summed E-state index contributed by atoms with van der Waals surface area (Å²) in [5.41, 5.74) is 2.27. The number of carbonyl (C=O) groups is 2. The minimum atomic E-state index is -0.523. The lowest BCUT2D eigenvalue weighted by atomic mass is 10.0. The summed E-state index contributed by atoms with van der Waals surface area (Å²) in [6, 6.07) is 16.4. The number of esters is 1. The van der Waals surface area contributed by atoms with E-state index in [0.29, 0.717) is 43.4 Å². The van der Waals surface area contributed by atoms with Gasteiger partial charge in [0.2, 0.25) is 0 Å². The van der Waals surface area contributed by atoms with Gasteiger partial charge in [0.25, 0.3) is 5.91 Å². The summed E-state index contributed by atoms with van der Waals surface area (Å²) in [6.45, 7) is 4.25. The summed E-state index contributed by atoms with van der Waals surface area (Å²) in [5.74, 6) is -0.357. The molecule has 1 fully saturated rings. The third-order valence-electron chi connectivity index (χ3n) is 5.51. The summed E-state index contributed by atoms with van der Waals surface area (Å²) < 4.78 is 7.02. The SMILES string of the molecule is CCOC(=O)[C@@H](c1ccc(Cl)cc1)N1CCN(C(=O)c2cnn(-c3ccccc3)c2)CC1. The molecule has 0 radical (unpaired) electrons. The summed E-state index contributed by atoms with van der Waals surface area (Å²) in [4.78, 5) is 29.6. The molecule has 166 valence electrons. The van der Waals surface area contributed by atoms with Crippen molar-refractivity contribution in [3.8, 4) is 5.69 Å². The van der Waals surface area contributed by atoms with Crippen LogP contribution in [0.1, 0.15) is 28.9 Å². The summed E-state index contributed by atoms with van der Waals surface area (Å²) in [7, 11) is 0. The fraction of sp³-hybridized carbons (Fsp3) is 0.292. The highest BCUT2D eigenvalue weighted by Crippen LogP contribution is 2.26. The van der Waals surface area contributed by atoms with Crippen LogP contribution in [0.15, 0.2) is 67.0 Å². The van der Waals surface area contributed by atoms with Gasteiger partial charge in [0, 0.05) is 37.4 Å². The molecule has 0 spiro atoms. The van der Waals surface area contributed by atoms with Crippen LogP contribution in [0.4, 0.5) is 0 Å². The van der Waals surface area contributed by atoms with E-state index in [1.807, 2.05) is 42.5 Å². The Bertz CT molecular complexity index is 1060.